The van der Waals surface area contributed by atoms with E-state index >= 15 is 0 Å². The van der Waals surface area contributed by atoms with Crippen LogP contribution in [0.25, 0.3) is 0 Å². The molecule has 0 bridgehead atoms. The highest BCUT2D eigenvalue weighted by Crippen LogP contribution is 2.21. The van der Waals surface area contributed by atoms with Crippen molar-refractivity contribution in [3.05, 3.63) is 50.6 Å². The molecule has 0 atom stereocenters. The van der Waals surface area contributed by atoms with Crippen LogP contribution in [0.3, 0.4) is 0 Å². The van der Waals surface area contributed by atoms with Gasteiger partial charge >= 0.3 is 0 Å². The number of ether oxygens (including phenoxy) is 1. The molecule has 0 spiro atoms. The van der Waals surface area contributed by atoms with Crippen molar-refractivity contribution in [3.8, 4) is 5.75 Å². The molecule has 6 heteroatoms. The number of hydrogen-bond donors (Lipinski definition) is 0. The van der Waals surface area contributed by atoms with Gasteiger partial charge < -0.3 is 14.2 Å². The molecule has 3 heterocycles. The summed E-state index contributed by atoms with van der Waals surface area (Å²) in [6.07, 6.45) is -0.0413. The number of aromatic nitrogens is 1. The lowest BCUT2D eigenvalue weighted by Gasteiger charge is -2.38. The van der Waals surface area contributed by atoms with E-state index in [1.165, 1.54) is 17.4 Å². The fourth-order valence-corrected chi connectivity index (χ4v) is 2.92. The summed E-state index contributed by atoms with van der Waals surface area (Å²) < 4.78 is 7.33. The van der Waals surface area contributed by atoms with E-state index in [4.69, 9.17) is 4.74 Å². The standard InChI is InChI=1S/C15H16N2O3S/c1-10-6-11(7-14(18)16(10)2)20-12-8-17(9-12)15(19)13-4-3-5-21-13/h3-7,12H,8-9H2,1-2H3. The average molecular weight is 304 g/mol. The molecule has 21 heavy (non-hydrogen) atoms. The van der Waals surface area contributed by atoms with Crippen molar-refractivity contribution >= 4 is 17.2 Å². The Balaban J connectivity index is 1.60. The number of nitrogens with zero attached hydrogens (tertiary/aromatic N) is 2. The van der Waals surface area contributed by atoms with Gasteiger partial charge in [0.25, 0.3) is 11.5 Å². The summed E-state index contributed by atoms with van der Waals surface area (Å²) in [5, 5.41) is 1.89. The number of carbonyl (C=O) groups is 1. The normalized spacial score (nSPS) is 14.9. The molecule has 110 valence electrons. The van der Waals surface area contributed by atoms with Crippen LogP contribution in [-0.4, -0.2) is 34.6 Å². The molecule has 5 nitrogen and oxygen atoms in total. The molecule has 1 fully saturated rings. The third-order valence-corrected chi connectivity index (χ3v) is 4.50. The summed E-state index contributed by atoms with van der Waals surface area (Å²) >= 11 is 1.44. The fourth-order valence-electron chi connectivity index (χ4n) is 2.23. The minimum absolute atomic E-state index is 0.0413. The first-order valence-corrected chi connectivity index (χ1v) is 7.59. The van der Waals surface area contributed by atoms with Gasteiger partial charge in [0.05, 0.1) is 18.0 Å². The van der Waals surface area contributed by atoms with Gasteiger partial charge in [0.2, 0.25) is 0 Å². The predicted octanol–water partition coefficient (Wildman–Crippen LogP) is 1.66. The van der Waals surface area contributed by atoms with Crippen molar-refractivity contribution in [1.29, 1.82) is 0 Å². The lowest BCUT2D eigenvalue weighted by atomic mass is 10.1. The van der Waals surface area contributed by atoms with Crippen LogP contribution in [0.5, 0.6) is 5.75 Å². The molecule has 1 amide bonds. The topological polar surface area (TPSA) is 51.5 Å². The molecule has 0 saturated carbocycles. The zero-order chi connectivity index (χ0) is 15.0. The van der Waals surface area contributed by atoms with Gasteiger partial charge in [0.15, 0.2) is 0 Å². The third kappa shape index (κ3) is 2.71. The first kappa shape index (κ1) is 13.9. The van der Waals surface area contributed by atoms with Crippen LogP contribution in [0.1, 0.15) is 15.4 Å². The Labute approximate surface area is 126 Å². The summed E-state index contributed by atoms with van der Waals surface area (Å²) in [5.74, 6) is 0.619. The van der Waals surface area contributed by atoms with Crippen LogP contribution in [0, 0.1) is 6.92 Å². The first-order valence-electron chi connectivity index (χ1n) is 6.71. The Morgan fingerprint density at radius 1 is 1.38 bits per heavy atom. The zero-order valence-electron chi connectivity index (χ0n) is 11.9. The summed E-state index contributed by atoms with van der Waals surface area (Å²) in [6.45, 7) is 2.98. The van der Waals surface area contributed by atoms with Gasteiger partial charge in [-0.05, 0) is 24.4 Å². The van der Waals surface area contributed by atoms with Crippen LogP contribution in [0.15, 0.2) is 34.4 Å². The van der Waals surface area contributed by atoms with Crippen LogP contribution >= 0.6 is 11.3 Å². The highest BCUT2D eigenvalue weighted by molar-refractivity contribution is 7.12. The quantitative estimate of drug-likeness (QED) is 0.866. The second kappa shape index (κ2) is 5.37. The van der Waals surface area contributed by atoms with E-state index in [2.05, 4.69) is 0 Å². The minimum Gasteiger partial charge on any atom is -0.486 e. The molecule has 0 radical (unpaired) electrons. The Kier molecular flexibility index (Phi) is 3.55. The van der Waals surface area contributed by atoms with E-state index in [1.807, 2.05) is 30.5 Å². The van der Waals surface area contributed by atoms with Crippen LogP contribution < -0.4 is 10.3 Å². The van der Waals surface area contributed by atoms with Crippen molar-refractivity contribution in [3.63, 3.8) is 0 Å². The molecular formula is C15H16N2O3S. The maximum absolute atomic E-state index is 12.1. The van der Waals surface area contributed by atoms with E-state index < -0.39 is 0 Å². The van der Waals surface area contributed by atoms with Gasteiger partial charge in [0, 0.05) is 18.8 Å². The Morgan fingerprint density at radius 3 is 2.76 bits per heavy atom. The van der Waals surface area contributed by atoms with Crippen molar-refractivity contribution in [2.24, 2.45) is 7.05 Å². The molecule has 3 rings (SSSR count). The first-order chi connectivity index (χ1) is 10.0. The van der Waals surface area contributed by atoms with E-state index in [0.29, 0.717) is 18.8 Å². The number of rotatable bonds is 3. The summed E-state index contributed by atoms with van der Waals surface area (Å²) in [6, 6.07) is 7.02. The highest BCUT2D eigenvalue weighted by Gasteiger charge is 2.33. The summed E-state index contributed by atoms with van der Waals surface area (Å²) in [5.41, 5.74) is 0.763. The predicted molar refractivity (Wildman–Crippen MR) is 81.1 cm³/mol. The van der Waals surface area contributed by atoms with E-state index in [1.54, 1.807) is 16.5 Å². The lowest BCUT2D eigenvalue weighted by molar-refractivity contribution is 0.0180. The van der Waals surface area contributed by atoms with Gasteiger partial charge in [-0.15, -0.1) is 11.3 Å². The van der Waals surface area contributed by atoms with Crippen molar-refractivity contribution in [1.82, 2.24) is 9.47 Å². The molecule has 2 aromatic rings. The molecule has 1 saturated heterocycles. The zero-order valence-corrected chi connectivity index (χ0v) is 12.7. The van der Waals surface area contributed by atoms with Crippen LogP contribution in [0.2, 0.25) is 0 Å². The molecule has 0 N–H and O–H groups in total. The van der Waals surface area contributed by atoms with Crippen molar-refractivity contribution in [2.75, 3.05) is 13.1 Å². The monoisotopic (exact) mass is 304 g/mol. The molecular weight excluding hydrogens is 288 g/mol. The number of aryl methyl sites for hydroxylation is 1. The number of thiophene rings is 1. The maximum atomic E-state index is 12.1. The van der Waals surface area contributed by atoms with Crippen LogP contribution in [-0.2, 0) is 7.05 Å². The lowest BCUT2D eigenvalue weighted by Crippen LogP contribution is -2.56. The van der Waals surface area contributed by atoms with Crippen molar-refractivity contribution in [2.45, 2.75) is 13.0 Å². The number of carbonyl (C=O) groups excluding carboxylic acids is 1. The van der Waals surface area contributed by atoms with Gasteiger partial charge in [-0.25, -0.2) is 0 Å². The van der Waals surface area contributed by atoms with Crippen molar-refractivity contribution < 1.29 is 9.53 Å². The number of likely N-dealkylation sites (tertiary alicyclic amines) is 1. The average Bonchev–Trinajstić information content (AvgIpc) is 2.93. The van der Waals surface area contributed by atoms with E-state index in [-0.39, 0.29) is 17.6 Å². The maximum Gasteiger partial charge on any atom is 0.264 e. The minimum atomic E-state index is -0.0872. The highest BCUT2D eigenvalue weighted by atomic mass is 32.1. The number of amides is 1. The Hall–Kier alpha value is -2.08. The molecule has 1 aliphatic rings. The SMILES string of the molecule is Cc1cc(OC2CN(C(=O)c3cccs3)C2)cc(=O)n1C. The summed E-state index contributed by atoms with van der Waals surface area (Å²) in [4.78, 5) is 26.3. The van der Waals surface area contributed by atoms with Gasteiger partial charge in [-0.2, -0.15) is 0 Å². The second-order valence-corrected chi connectivity index (χ2v) is 6.10. The van der Waals surface area contributed by atoms with Gasteiger partial charge in [-0.1, -0.05) is 6.07 Å². The van der Waals surface area contributed by atoms with Gasteiger partial charge in [-0.3, -0.25) is 9.59 Å². The van der Waals surface area contributed by atoms with E-state index in [0.717, 1.165) is 10.6 Å². The largest absolute Gasteiger partial charge is 0.486 e. The number of hydrogen-bond acceptors (Lipinski definition) is 4. The smallest absolute Gasteiger partial charge is 0.264 e. The van der Waals surface area contributed by atoms with Gasteiger partial charge in [0.1, 0.15) is 11.9 Å². The Morgan fingerprint density at radius 2 is 2.14 bits per heavy atom. The molecule has 2 aromatic heterocycles. The molecule has 0 unspecified atom stereocenters. The molecule has 0 aliphatic carbocycles. The number of pyridine rings is 1. The fraction of sp³-hybridized carbons (Fsp3) is 0.333. The van der Waals surface area contributed by atoms with E-state index in [9.17, 15) is 9.59 Å². The second-order valence-electron chi connectivity index (χ2n) is 5.16. The summed E-state index contributed by atoms with van der Waals surface area (Å²) in [7, 11) is 1.73. The molecule has 0 aromatic carbocycles. The van der Waals surface area contributed by atoms with Crippen LogP contribution in [0.4, 0.5) is 0 Å². The third-order valence-electron chi connectivity index (χ3n) is 3.65. The molecule has 1 aliphatic heterocycles. The Bertz CT molecular complexity index is 715.